The minimum absolute atomic E-state index is 0. The van der Waals surface area contributed by atoms with Crippen LogP contribution in [0, 0.1) is 6.92 Å². The van der Waals surface area contributed by atoms with Crippen LogP contribution in [0.2, 0.25) is 0 Å². The van der Waals surface area contributed by atoms with E-state index in [1.54, 1.807) is 14.2 Å². The molecule has 0 saturated heterocycles. The number of rotatable bonds is 4. The first-order chi connectivity index (χ1) is 7.37. The summed E-state index contributed by atoms with van der Waals surface area (Å²) >= 11 is 0. The molecule has 1 aromatic carbocycles. The lowest BCUT2D eigenvalue weighted by Crippen LogP contribution is -3.00. The molecule has 0 aliphatic rings. The van der Waals surface area contributed by atoms with Crippen LogP contribution >= 0.6 is 0 Å². The second-order valence-electron chi connectivity index (χ2n) is 5.07. The standard InChI is InChI=1S/C13H22NO2.HI/c1-10-7-11(15-5)8-13(16-6)12(10)9-14(2,3)4;/h7-8H,9H2,1-6H3;1H/q+1;/p-1. The highest BCUT2D eigenvalue weighted by Crippen LogP contribution is 2.29. The van der Waals surface area contributed by atoms with E-state index in [1.165, 1.54) is 11.1 Å². The van der Waals surface area contributed by atoms with E-state index in [-0.39, 0.29) is 24.0 Å². The summed E-state index contributed by atoms with van der Waals surface area (Å²) in [5, 5.41) is 0. The number of aryl methyl sites for hydroxylation is 1. The van der Waals surface area contributed by atoms with Crippen LogP contribution in [-0.4, -0.2) is 39.8 Å². The van der Waals surface area contributed by atoms with E-state index >= 15 is 0 Å². The molecule has 1 aromatic rings. The van der Waals surface area contributed by atoms with Gasteiger partial charge in [-0.2, -0.15) is 0 Å². The second-order valence-corrected chi connectivity index (χ2v) is 5.07. The molecule has 0 N–H and O–H groups in total. The van der Waals surface area contributed by atoms with Gasteiger partial charge in [0.15, 0.2) is 0 Å². The number of benzene rings is 1. The van der Waals surface area contributed by atoms with E-state index in [0.29, 0.717) is 0 Å². The maximum absolute atomic E-state index is 5.42. The van der Waals surface area contributed by atoms with Gasteiger partial charge < -0.3 is 37.9 Å². The third-order valence-corrected chi connectivity index (χ3v) is 2.49. The highest BCUT2D eigenvalue weighted by Gasteiger charge is 2.16. The minimum atomic E-state index is 0. The van der Waals surface area contributed by atoms with Crippen molar-refractivity contribution in [2.24, 2.45) is 0 Å². The summed E-state index contributed by atoms with van der Waals surface area (Å²) < 4.78 is 11.5. The van der Waals surface area contributed by atoms with Crippen LogP contribution in [0.3, 0.4) is 0 Å². The monoisotopic (exact) mass is 351 g/mol. The molecule has 0 bridgehead atoms. The topological polar surface area (TPSA) is 18.5 Å². The van der Waals surface area contributed by atoms with Gasteiger partial charge >= 0.3 is 0 Å². The molecule has 17 heavy (non-hydrogen) atoms. The summed E-state index contributed by atoms with van der Waals surface area (Å²) in [4.78, 5) is 0. The number of methoxy groups -OCH3 is 2. The molecule has 4 heteroatoms. The Hall–Kier alpha value is -0.490. The first kappa shape index (κ1) is 16.5. The summed E-state index contributed by atoms with van der Waals surface area (Å²) in [5.41, 5.74) is 2.46. The SMILES string of the molecule is COc1cc(C)c(C[N+](C)(C)C)c(OC)c1.[I-]. The van der Waals surface area contributed by atoms with Gasteiger partial charge in [0, 0.05) is 6.07 Å². The molecule has 0 amide bonds. The van der Waals surface area contributed by atoms with Crippen LogP contribution in [0.15, 0.2) is 12.1 Å². The third kappa shape index (κ3) is 4.71. The first-order valence-corrected chi connectivity index (χ1v) is 5.39. The zero-order valence-corrected chi connectivity index (χ0v) is 13.7. The van der Waals surface area contributed by atoms with Gasteiger partial charge in [-0.1, -0.05) is 0 Å². The average Bonchev–Trinajstić information content (AvgIpc) is 2.19. The number of hydrogen-bond acceptors (Lipinski definition) is 2. The van der Waals surface area contributed by atoms with Crippen LogP contribution in [0.25, 0.3) is 0 Å². The molecule has 0 saturated carbocycles. The fraction of sp³-hybridized carbons (Fsp3) is 0.538. The van der Waals surface area contributed by atoms with Crippen molar-refractivity contribution in [1.82, 2.24) is 0 Å². The second kappa shape index (κ2) is 6.44. The Balaban J connectivity index is 0.00000256. The number of halogens is 1. The number of ether oxygens (including phenoxy) is 2. The van der Waals surface area contributed by atoms with E-state index in [9.17, 15) is 0 Å². The molecule has 0 aliphatic carbocycles. The van der Waals surface area contributed by atoms with Gasteiger partial charge in [0.05, 0.1) is 40.9 Å². The highest BCUT2D eigenvalue weighted by atomic mass is 127. The van der Waals surface area contributed by atoms with Crippen LogP contribution in [-0.2, 0) is 6.54 Å². The number of quaternary nitrogens is 1. The summed E-state index contributed by atoms with van der Waals surface area (Å²) in [6.07, 6.45) is 0. The van der Waals surface area contributed by atoms with E-state index in [1.807, 2.05) is 12.1 Å². The van der Waals surface area contributed by atoms with Gasteiger partial charge in [-0.15, -0.1) is 0 Å². The van der Waals surface area contributed by atoms with Crippen molar-refractivity contribution < 1.29 is 37.9 Å². The largest absolute Gasteiger partial charge is 1.00 e. The zero-order chi connectivity index (χ0) is 12.3. The fourth-order valence-electron chi connectivity index (χ4n) is 1.73. The smallest absolute Gasteiger partial charge is 0.131 e. The van der Waals surface area contributed by atoms with Gasteiger partial charge in [-0.3, -0.25) is 0 Å². The number of hydrogen-bond donors (Lipinski definition) is 0. The summed E-state index contributed by atoms with van der Waals surface area (Å²) in [7, 11) is 9.89. The van der Waals surface area contributed by atoms with E-state index in [0.717, 1.165) is 22.5 Å². The molecule has 0 aliphatic heterocycles. The molecule has 0 fully saturated rings. The molecular weight excluding hydrogens is 329 g/mol. The molecule has 1 rings (SSSR count). The molecule has 0 spiro atoms. The Morgan fingerprint density at radius 3 is 2.06 bits per heavy atom. The molecule has 0 unspecified atom stereocenters. The predicted octanol–water partition coefficient (Wildman–Crippen LogP) is -0.778. The molecule has 0 atom stereocenters. The molecular formula is C13H22INO2. The van der Waals surface area contributed by atoms with Crippen molar-refractivity contribution >= 4 is 0 Å². The maximum atomic E-state index is 5.42. The maximum Gasteiger partial charge on any atom is 0.131 e. The van der Waals surface area contributed by atoms with Crippen molar-refractivity contribution in [1.29, 1.82) is 0 Å². The van der Waals surface area contributed by atoms with Crippen LogP contribution in [0.5, 0.6) is 11.5 Å². The zero-order valence-electron chi connectivity index (χ0n) is 11.5. The van der Waals surface area contributed by atoms with E-state index in [2.05, 4.69) is 28.1 Å². The lowest BCUT2D eigenvalue weighted by Gasteiger charge is -2.26. The van der Waals surface area contributed by atoms with Gasteiger partial charge in [0.1, 0.15) is 18.0 Å². The lowest BCUT2D eigenvalue weighted by molar-refractivity contribution is -0.884. The van der Waals surface area contributed by atoms with Gasteiger partial charge in [-0.05, 0) is 18.6 Å². The Morgan fingerprint density at radius 2 is 1.65 bits per heavy atom. The van der Waals surface area contributed by atoms with Crippen molar-refractivity contribution in [3.63, 3.8) is 0 Å². The average molecular weight is 351 g/mol. The summed E-state index contributed by atoms with van der Waals surface area (Å²) in [5.74, 6) is 1.75. The Kier molecular flexibility index (Phi) is 6.26. The minimum Gasteiger partial charge on any atom is -1.00 e. The molecule has 98 valence electrons. The Bertz CT molecular complexity index is 372. The molecule has 0 heterocycles. The van der Waals surface area contributed by atoms with Crippen molar-refractivity contribution in [3.05, 3.63) is 23.3 Å². The quantitative estimate of drug-likeness (QED) is 0.524. The number of nitrogens with zero attached hydrogens (tertiary/aromatic N) is 1. The third-order valence-electron chi connectivity index (χ3n) is 2.49. The Labute approximate surface area is 121 Å². The van der Waals surface area contributed by atoms with Gasteiger partial charge in [0.25, 0.3) is 0 Å². The predicted molar refractivity (Wildman–Crippen MR) is 66.0 cm³/mol. The molecule has 0 aromatic heterocycles. The van der Waals surface area contributed by atoms with Crippen molar-refractivity contribution in [3.8, 4) is 11.5 Å². The normalized spacial score (nSPS) is 10.7. The summed E-state index contributed by atoms with van der Waals surface area (Å²) in [6, 6.07) is 3.99. The van der Waals surface area contributed by atoms with Crippen molar-refractivity contribution in [2.45, 2.75) is 13.5 Å². The van der Waals surface area contributed by atoms with Crippen LogP contribution < -0.4 is 33.5 Å². The van der Waals surface area contributed by atoms with Crippen molar-refractivity contribution in [2.75, 3.05) is 35.4 Å². The van der Waals surface area contributed by atoms with E-state index in [4.69, 9.17) is 9.47 Å². The van der Waals surface area contributed by atoms with Gasteiger partial charge in [-0.25, -0.2) is 0 Å². The first-order valence-electron chi connectivity index (χ1n) is 5.39. The summed E-state index contributed by atoms with van der Waals surface area (Å²) in [6.45, 7) is 3.04. The fourth-order valence-corrected chi connectivity index (χ4v) is 1.73. The van der Waals surface area contributed by atoms with E-state index < -0.39 is 0 Å². The molecule has 3 nitrogen and oxygen atoms in total. The van der Waals surface area contributed by atoms with Crippen LogP contribution in [0.1, 0.15) is 11.1 Å². The van der Waals surface area contributed by atoms with Gasteiger partial charge in [0.2, 0.25) is 0 Å². The van der Waals surface area contributed by atoms with Crippen LogP contribution in [0.4, 0.5) is 0 Å². The molecule has 0 radical (unpaired) electrons. The highest BCUT2D eigenvalue weighted by molar-refractivity contribution is 5.45. The lowest BCUT2D eigenvalue weighted by atomic mass is 10.1. The Morgan fingerprint density at radius 1 is 1.06 bits per heavy atom.